The quantitative estimate of drug-likeness (QED) is 0.701. The molecule has 1 aliphatic rings. The Morgan fingerprint density at radius 1 is 1.38 bits per heavy atom. The Labute approximate surface area is 102 Å². The zero-order chi connectivity index (χ0) is 12.0. The molecule has 1 unspecified atom stereocenters. The molecular formula is C14H30N2. The van der Waals surface area contributed by atoms with Gasteiger partial charge in [-0.15, -0.1) is 0 Å². The van der Waals surface area contributed by atoms with Gasteiger partial charge in [0.1, 0.15) is 0 Å². The van der Waals surface area contributed by atoms with Crippen molar-refractivity contribution in [3.05, 3.63) is 0 Å². The number of hydrogen-bond acceptors (Lipinski definition) is 2. The number of nitrogens with zero attached hydrogens (tertiary/aromatic N) is 1. The minimum absolute atomic E-state index is 0.536. The number of piperidine rings is 1. The van der Waals surface area contributed by atoms with Gasteiger partial charge in [0.15, 0.2) is 0 Å². The molecule has 96 valence electrons. The molecule has 0 spiro atoms. The molecule has 2 heteroatoms. The highest BCUT2D eigenvalue weighted by Crippen LogP contribution is 2.29. The molecule has 1 fully saturated rings. The molecular weight excluding hydrogens is 196 g/mol. The number of likely N-dealkylation sites (tertiary alicyclic amines) is 1. The smallest absolute Gasteiger partial charge is 0.00676 e. The number of rotatable bonds is 6. The van der Waals surface area contributed by atoms with E-state index >= 15 is 0 Å². The molecule has 0 radical (unpaired) electrons. The lowest BCUT2D eigenvalue weighted by molar-refractivity contribution is 0.0804. The van der Waals surface area contributed by atoms with E-state index in [1.807, 2.05) is 0 Å². The fraction of sp³-hybridized carbons (Fsp3) is 1.00. The van der Waals surface area contributed by atoms with Gasteiger partial charge in [0.25, 0.3) is 0 Å². The maximum Gasteiger partial charge on any atom is 0.00676 e. The van der Waals surface area contributed by atoms with Crippen LogP contribution < -0.4 is 5.32 Å². The Kier molecular flexibility index (Phi) is 5.77. The molecule has 1 aliphatic heterocycles. The molecule has 1 saturated heterocycles. The minimum atomic E-state index is 0.536. The van der Waals surface area contributed by atoms with Crippen molar-refractivity contribution in [3.8, 4) is 0 Å². The highest BCUT2D eigenvalue weighted by atomic mass is 15.2. The van der Waals surface area contributed by atoms with Gasteiger partial charge in [-0.25, -0.2) is 0 Å². The first-order valence-corrected chi connectivity index (χ1v) is 7.00. The fourth-order valence-corrected chi connectivity index (χ4v) is 2.73. The van der Waals surface area contributed by atoms with Crippen LogP contribution in [0, 0.1) is 5.41 Å². The molecule has 2 nitrogen and oxygen atoms in total. The van der Waals surface area contributed by atoms with Crippen LogP contribution in [0.25, 0.3) is 0 Å². The Hall–Kier alpha value is -0.0800. The van der Waals surface area contributed by atoms with E-state index in [9.17, 15) is 0 Å². The summed E-state index contributed by atoms with van der Waals surface area (Å²) in [7, 11) is 0. The second-order valence-electron chi connectivity index (χ2n) is 6.08. The van der Waals surface area contributed by atoms with Crippen LogP contribution in [0.4, 0.5) is 0 Å². The molecule has 0 aromatic carbocycles. The van der Waals surface area contributed by atoms with Crippen LogP contribution in [0.5, 0.6) is 0 Å². The summed E-state index contributed by atoms with van der Waals surface area (Å²) < 4.78 is 0. The van der Waals surface area contributed by atoms with Crippen molar-refractivity contribution in [2.24, 2.45) is 5.41 Å². The summed E-state index contributed by atoms with van der Waals surface area (Å²) in [5.74, 6) is 0. The van der Waals surface area contributed by atoms with Gasteiger partial charge < -0.3 is 10.2 Å². The monoisotopic (exact) mass is 226 g/mol. The molecule has 0 bridgehead atoms. The van der Waals surface area contributed by atoms with Gasteiger partial charge in [0, 0.05) is 12.6 Å². The van der Waals surface area contributed by atoms with Crippen molar-refractivity contribution in [1.29, 1.82) is 0 Å². The average molecular weight is 226 g/mol. The molecule has 0 aromatic heterocycles. The summed E-state index contributed by atoms with van der Waals surface area (Å²) in [5.41, 5.74) is 0.536. The first-order chi connectivity index (χ1) is 7.55. The maximum atomic E-state index is 3.40. The summed E-state index contributed by atoms with van der Waals surface area (Å²) in [6.07, 6.45) is 5.42. The largest absolute Gasteiger partial charge is 0.317 e. The Balaban J connectivity index is 2.22. The number of hydrogen-bond donors (Lipinski definition) is 1. The van der Waals surface area contributed by atoms with Crippen molar-refractivity contribution < 1.29 is 0 Å². The molecule has 16 heavy (non-hydrogen) atoms. The van der Waals surface area contributed by atoms with Crippen LogP contribution >= 0.6 is 0 Å². The summed E-state index contributed by atoms with van der Waals surface area (Å²) in [4.78, 5) is 2.69. The van der Waals surface area contributed by atoms with Gasteiger partial charge in [0.2, 0.25) is 0 Å². The average Bonchev–Trinajstić information content (AvgIpc) is 2.22. The van der Waals surface area contributed by atoms with Gasteiger partial charge in [-0.1, -0.05) is 20.8 Å². The van der Waals surface area contributed by atoms with E-state index in [0.29, 0.717) is 5.41 Å². The lowest BCUT2D eigenvalue weighted by Crippen LogP contribution is -2.44. The van der Waals surface area contributed by atoms with Crippen molar-refractivity contribution in [2.45, 2.75) is 59.4 Å². The van der Waals surface area contributed by atoms with Crippen LogP contribution in [-0.2, 0) is 0 Å². The van der Waals surface area contributed by atoms with E-state index < -0.39 is 0 Å². The zero-order valence-electron chi connectivity index (χ0n) is 11.7. The lowest BCUT2D eigenvalue weighted by atomic mass is 9.83. The fourth-order valence-electron chi connectivity index (χ4n) is 2.73. The van der Waals surface area contributed by atoms with Crippen LogP contribution in [0.15, 0.2) is 0 Å². The Morgan fingerprint density at radius 3 is 2.75 bits per heavy atom. The van der Waals surface area contributed by atoms with Crippen molar-refractivity contribution in [1.82, 2.24) is 10.2 Å². The highest BCUT2D eigenvalue weighted by molar-refractivity contribution is 4.82. The van der Waals surface area contributed by atoms with Crippen molar-refractivity contribution >= 4 is 0 Å². The van der Waals surface area contributed by atoms with E-state index in [1.54, 1.807) is 0 Å². The Bertz CT molecular complexity index is 189. The van der Waals surface area contributed by atoms with E-state index in [4.69, 9.17) is 0 Å². The van der Waals surface area contributed by atoms with Crippen LogP contribution in [0.3, 0.4) is 0 Å². The molecule has 1 rings (SSSR count). The van der Waals surface area contributed by atoms with E-state index in [1.165, 1.54) is 45.3 Å². The second-order valence-corrected chi connectivity index (χ2v) is 6.08. The summed E-state index contributed by atoms with van der Waals surface area (Å²) in [5, 5.41) is 3.40. The molecule has 1 N–H and O–H groups in total. The van der Waals surface area contributed by atoms with Gasteiger partial charge >= 0.3 is 0 Å². The summed E-state index contributed by atoms with van der Waals surface area (Å²) >= 11 is 0. The molecule has 0 aromatic rings. The zero-order valence-corrected chi connectivity index (χ0v) is 11.7. The first kappa shape index (κ1) is 14.0. The predicted octanol–water partition coefficient (Wildman–Crippen LogP) is 2.89. The summed E-state index contributed by atoms with van der Waals surface area (Å²) in [6, 6.07) is 0.762. The SMILES string of the molecule is CCNCCCC(C)N1CCCC(C)(C)C1. The van der Waals surface area contributed by atoms with Crippen LogP contribution in [0.2, 0.25) is 0 Å². The third-order valence-corrected chi connectivity index (χ3v) is 3.78. The minimum Gasteiger partial charge on any atom is -0.317 e. The van der Waals surface area contributed by atoms with E-state index in [0.717, 1.165) is 12.6 Å². The highest BCUT2D eigenvalue weighted by Gasteiger charge is 2.28. The molecule has 0 amide bonds. The van der Waals surface area contributed by atoms with E-state index in [-0.39, 0.29) is 0 Å². The molecule has 1 heterocycles. The predicted molar refractivity (Wildman–Crippen MR) is 71.8 cm³/mol. The van der Waals surface area contributed by atoms with Crippen LogP contribution in [0.1, 0.15) is 53.4 Å². The molecule has 0 aliphatic carbocycles. The van der Waals surface area contributed by atoms with Gasteiger partial charge in [-0.2, -0.15) is 0 Å². The topological polar surface area (TPSA) is 15.3 Å². The lowest BCUT2D eigenvalue weighted by Gasteiger charge is -2.41. The van der Waals surface area contributed by atoms with Gasteiger partial charge in [-0.05, 0) is 57.7 Å². The first-order valence-electron chi connectivity index (χ1n) is 7.00. The third kappa shape index (κ3) is 4.84. The Morgan fingerprint density at radius 2 is 2.12 bits per heavy atom. The van der Waals surface area contributed by atoms with Crippen LogP contribution in [-0.4, -0.2) is 37.1 Å². The standard InChI is InChI=1S/C14H30N2/c1-5-15-10-6-8-13(2)16-11-7-9-14(3,4)12-16/h13,15H,5-12H2,1-4H3. The third-order valence-electron chi connectivity index (χ3n) is 3.78. The van der Waals surface area contributed by atoms with Crippen molar-refractivity contribution in [3.63, 3.8) is 0 Å². The molecule has 0 saturated carbocycles. The van der Waals surface area contributed by atoms with E-state index in [2.05, 4.69) is 37.9 Å². The van der Waals surface area contributed by atoms with Gasteiger partial charge in [0.05, 0.1) is 0 Å². The molecule has 1 atom stereocenters. The van der Waals surface area contributed by atoms with Crippen molar-refractivity contribution in [2.75, 3.05) is 26.2 Å². The van der Waals surface area contributed by atoms with Gasteiger partial charge in [-0.3, -0.25) is 0 Å². The normalized spacial score (nSPS) is 23.2. The summed E-state index contributed by atoms with van der Waals surface area (Å²) in [6.45, 7) is 14.3. The second kappa shape index (κ2) is 6.61. The number of nitrogens with one attached hydrogen (secondary N) is 1. The maximum absolute atomic E-state index is 3.40.